The lowest BCUT2D eigenvalue weighted by Crippen LogP contribution is -2.33. The summed E-state index contributed by atoms with van der Waals surface area (Å²) < 4.78 is 5.39. The van der Waals surface area contributed by atoms with E-state index in [1.54, 1.807) is 0 Å². The van der Waals surface area contributed by atoms with Crippen LogP contribution in [0.5, 0.6) is 0 Å². The molecule has 0 aromatic heterocycles. The van der Waals surface area contributed by atoms with Gasteiger partial charge in [-0.15, -0.1) is 0 Å². The maximum Gasteiger partial charge on any atom is 0.0515 e. The number of likely N-dealkylation sites (tertiary alicyclic amines) is 1. The maximum absolute atomic E-state index is 9.36. The normalized spacial score (nSPS) is 39.5. The number of hydrogen-bond acceptors (Lipinski definition) is 4. The lowest BCUT2D eigenvalue weighted by atomic mass is 10.0. The van der Waals surface area contributed by atoms with Gasteiger partial charge in [0.05, 0.1) is 13.2 Å². The van der Waals surface area contributed by atoms with Crippen LogP contribution in [0.25, 0.3) is 0 Å². The maximum atomic E-state index is 9.36. The largest absolute Gasteiger partial charge is 0.396 e. The Kier molecular flexibility index (Phi) is 3.15. The molecule has 2 N–H and O–H groups in total. The summed E-state index contributed by atoms with van der Waals surface area (Å²) >= 11 is 0. The molecule has 3 unspecified atom stereocenters. The molecule has 3 aliphatic rings. The quantitative estimate of drug-likeness (QED) is 0.708. The van der Waals surface area contributed by atoms with Crippen LogP contribution in [0.1, 0.15) is 12.8 Å². The molecule has 0 bridgehead atoms. The second-order valence-corrected chi connectivity index (χ2v) is 6.04. The van der Waals surface area contributed by atoms with Crippen LogP contribution in [-0.2, 0) is 4.74 Å². The number of piperidine rings is 1. The van der Waals surface area contributed by atoms with Gasteiger partial charge in [-0.05, 0) is 37.1 Å². The number of ether oxygens (including phenoxy) is 1. The molecule has 4 nitrogen and oxygen atoms in total. The zero-order valence-electron chi connectivity index (χ0n) is 10.3. The molecule has 4 heteroatoms. The first kappa shape index (κ1) is 11.9. The highest BCUT2D eigenvalue weighted by molar-refractivity contribution is 5.15. The molecule has 3 fully saturated rings. The van der Waals surface area contributed by atoms with Gasteiger partial charge in [-0.3, -0.25) is 0 Å². The van der Waals surface area contributed by atoms with Crippen molar-refractivity contribution in [2.45, 2.75) is 12.8 Å². The summed E-state index contributed by atoms with van der Waals surface area (Å²) in [6.45, 7) is 5.49. The Bertz CT molecular complexity index is 260. The average Bonchev–Trinajstić information content (AvgIpc) is 2.82. The first-order valence-electron chi connectivity index (χ1n) is 6.82. The fraction of sp³-hybridized carbons (Fsp3) is 1.00. The van der Waals surface area contributed by atoms with E-state index in [-0.39, 0.29) is 18.6 Å². The summed E-state index contributed by atoms with van der Waals surface area (Å²) in [5.41, 5.74) is -0.132. The summed E-state index contributed by atoms with van der Waals surface area (Å²) in [4.78, 5) is 2.50. The van der Waals surface area contributed by atoms with Crippen LogP contribution in [0, 0.1) is 23.2 Å². The van der Waals surface area contributed by atoms with Crippen molar-refractivity contribution in [2.75, 3.05) is 46.1 Å². The Balaban J connectivity index is 1.42. The summed E-state index contributed by atoms with van der Waals surface area (Å²) in [5, 5.41) is 18.7. The minimum Gasteiger partial charge on any atom is -0.396 e. The molecule has 1 saturated carbocycles. The second kappa shape index (κ2) is 4.50. The Hall–Kier alpha value is -0.160. The van der Waals surface area contributed by atoms with E-state index in [0.717, 1.165) is 38.8 Å². The molecule has 0 radical (unpaired) electrons. The van der Waals surface area contributed by atoms with Crippen LogP contribution >= 0.6 is 0 Å². The van der Waals surface area contributed by atoms with Gasteiger partial charge in [-0.1, -0.05) is 0 Å². The lowest BCUT2D eigenvalue weighted by Gasteiger charge is -2.24. The Labute approximate surface area is 103 Å². The highest BCUT2D eigenvalue weighted by Gasteiger charge is 2.67. The summed E-state index contributed by atoms with van der Waals surface area (Å²) in [6.07, 6.45) is 2.46. The molecular formula is C13H23NO3. The zero-order chi connectivity index (χ0) is 11.9. The van der Waals surface area contributed by atoms with Crippen molar-refractivity contribution in [2.24, 2.45) is 23.2 Å². The van der Waals surface area contributed by atoms with E-state index in [2.05, 4.69) is 4.90 Å². The molecule has 1 aliphatic carbocycles. The molecule has 17 heavy (non-hydrogen) atoms. The summed E-state index contributed by atoms with van der Waals surface area (Å²) in [6, 6.07) is 0. The molecule has 0 aromatic rings. The van der Waals surface area contributed by atoms with Crippen LogP contribution in [-0.4, -0.2) is 61.2 Å². The highest BCUT2D eigenvalue weighted by atomic mass is 16.5. The summed E-state index contributed by atoms with van der Waals surface area (Å²) in [5.74, 6) is 1.84. The fourth-order valence-corrected chi connectivity index (χ4v) is 3.80. The average molecular weight is 241 g/mol. The first-order valence-corrected chi connectivity index (χ1v) is 6.82. The molecule has 2 saturated heterocycles. The molecule has 2 aliphatic heterocycles. The van der Waals surface area contributed by atoms with E-state index in [9.17, 15) is 10.2 Å². The first-order chi connectivity index (χ1) is 8.30. The molecule has 0 aromatic carbocycles. The SMILES string of the molecule is OCC1(CO)C2CN(CCC3CCOC3)CC21. The highest BCUT2D eigenvalue weighted by Crippen LogP contribution is 2.61. The van der Waals surface area contributed by atoms with E-state index in [1.165, 1.54) is 12.8 Å². The molecule has 98 valence electrons. The molecular weight excluding hydrogens is 218 g/mol. The Morgan fingerprint density at radius 2 is 1.88 bits per heavy atom. The van der Waals surface area contributed by atoms with Gasteiger partial charge in [0.2, 0.25) is 0 Å². The number of fused-ring (bicyclic) bond motifs is 1. The van der Waals surface area contributed by atoms with E-state index in [0.29, 0.717) is 11.8 Å². The van der Waals surface area contributed by atoms with Crippen molar-refractivity contribution in [1.82, 2.24) is 4.90 Å². The van der Waals surface area contributed by atoms with Crippen molar-refractivity contribution in [3.8, 4) is 0 Å². The van der Waals surface area contributed by atoms with Gasteiger partial charge in [-0.25, -0.2) is 0 Å². The Morgan fingerprint density at radius 1 is 1.18 bits per heavy atom. The monoisotopic (exact) mass is 241 g/mol. The third-order valence-corrected chi connectivity index (χ3v) is 5.23. The van der Waals surface area contributed by atoms with Crippen molar-refractivity contribution in [3.05, 3.63) is 0 Å². The predicted octanol–water partition coefficient (Wildman–Crippen LogP) is -0.0544. The molecule has 0 spiro atoms. The van der Waals surface area contributed by atoms with Crippen molar-refractivity contribution in [1.29, 1.82) is 0 Å². The third kappa shape index (κ3) is 1.91. The van der Waals surface area contributed by atoms with E-state index in [1.807, 2.05) is 0 Å². The molecule has 3 atom stereocenters. The molecule has 2 heterocycles. The lowest BCUT2D eigenvalue weighted by molar-refractivity contribution is 0.0867. The second-order valence-electron chi connectivity index (χ2n) is 6.04. The topological polar surface area (TPSA) is 52.9 Å². The van der Waals surface area contributed by atoms with Crippen molar-refractivity contribution < 1.29 is 14.9 Å². The number of rotatable bonds is 5. The van der Waals surface area contributed by atoms with Gasteiger partial charge < -0.3 is 19.8 Å². The predicted molar refractivity (Wildman–Crippen MR) is 63.6 cm³/mol. The van der Waals surface area contributed by atoms with Crippen molar-refractivity contribution >= 4 is 0 Å². The number of nitrogens with zero attached hydrogens (tertiary/aromatic N) is 1. The Morgan fingerprint density at radius 3 is 2.41 bits per heavy atom. The van der Waals surface area contributed by atoms with Gasteiger partial charge in [0, 0.05) is 31.7 Å². The zero-order valence-corrected chi connectivity index (χ0v) is 10.3. The van der Waals surface area contributed by atoms with E-state index in [4.69, 9.17) is 4.74 Å². The van der Waals surface area contributed by atoms with Gasteiger partial charge in [0.25, 0.3) is 0 Å². The fourth-order valence-electron chi connectivity index (χ4n) is 3.80. The number of hydrogen-bond donors (Lipinski definition) is 2. The van der Waals surface area contributed by atoms with Crippen LogP contribution < -0.4 is 0 Å². The molecule has 0 amide bonds. The van der Waals surface area contributed by atoms with Crippen LogP contribution in [0.4, 0.5) is 0 Å². The van der Waals surface area contributed by atoms with Crippen LogP contribution in [0.2, 0.25) is 0 Å². The standard InChI is InChI=1S/C13H23NO3/c15-8-13(9-16)11-5-14(6-12(11)13)3-1-10-2-4-17-7-10/h10-12,15-16H,1-9H2. The van der Waals surface area contributed by atoms with Crippen LogP contribution in [0.15, 0.2) is 0 Å². The number of aliphatic hydroxyl groups excluding tert-OH is 2. The third-order valence-electron chi connectivity index (χ3n) is 5.23. The summed E-state index contributed by atoms with van der Waals surface area (Å²) in [7, 11) is 0. The van der Waals surface area contributed by atoms with Gasteiger partial charge >= 0.3 is 0 Å². The molecule has 3 rings (SSSR count). The van der Waals surface area contributed by atoms with Gasteiger partial charge in [0.15, 0.2) is 0 Å². The van der Waals surface area contributed by atoms with Gasteiger partial charge in [-0.2, -0.15) is 0 Å². The minimum absolute atomic E-state index is 0.132. The minimum atomic E-state index is -0.132. The number of aliphatic hydroxyl groups is 2. The van der Waals surface area contributed by atoms with Crippen molar-refractivity contribution in [3.63, 3.8) is 0 Å². The van der Waals surface area contributed by atoms with Crippen LogP contribution in [0.3, 0.4) is 0 Å². The van der Waals surface area contributed by atoms with Gasteiger partial charge in [0.1, 0.15) is 0 Å². The smallest absolute Gasteiger partial charge is 0.0515 e. The van der Waals surface area contributed by atoms with E-state index >= 15 is 0 Å². The van der Waals surface area contributed by atoms with E-state index < -0.39 is 0 Å².